The average Bonchev–Trinajstić information content (AvgIpc) is 2.20. The van der Waals surface area contributed by atoms with E-state index in [1.165, 1.54) is 0 Å². The molecule has 0 unspecified atom stereocenters. The van der Waals surface area contributed by atoms with Gasteiger partial charge in [0.25, 0.3) is 5.56 Å². The monoisotopic (exact) mass is 234 g/mol. The van der Waals surface area contributed by atoms with Crippen molar-refractivity contribution in [2.24, 2.45) is 0 Å². The molecule has 0 fully saturated rings. The van der Waals surface area contributed by atoms with Crippen molar-refractivity contribution in [2.75, 3.05) is 6.61 Å². The van der Waals surface area contributed by atoms with Crippen LogP contribution in [0, 0.1) is 5.82 Å². The maximum atomic E-state index is 12.7. The molecule has 7 heteroatoms. The van der Waals surface area contributed by atoms with E-state index in [-0.39, 0.29) is 13.2 Å². The number of carbonyl (C=O) groups excluding carboxylic acids is 1. The summed E-state index contributed by atoms with van der Waals surface area (Å²) in [6.07, 6.45) is 0.767. The van der Waals surface area contributed by atoms with Gasteiger partial charge in [0, 0.05) is 0 Å². The van der Waals surface area contributed by atoms with Gasteiger partial charge >= 0.3 is 5.97 Å². The first kappa shape index (κ1) is 11.6. The van der Waals surface area contributed by atoms with E-state index in [0.717, 1.165) is 10.9 Å². The van der Waals surface area contributed by atoms with E-state index in [9.17, 15) is 14.0 Å². The Morgan fingerprint density at radius 1 is 1.73 bits per heavy atom. The highest BCUT2D eigenvalue weighted by Crippen LogP contribution is 2.05. The predicted molar refractivity (Wildman–Crippen MR) is 50.1 cm³/mol. The molecule has 1 heterocycles. The van der Waals surface area contributed by atoms with Crippen molar-refractivity contribution in [1.82, 2.24) is 9.78 Å². The zero-order valence-corrected chi connectivity index (χ0v) is 8.62. The van der Waals surface area contributed by atoms with Gasteiger partial charge in [0.2, 0.25) is 0 Å². The zero-order chi connectivity index (χ0) is 11.4. The third-order valence-electron chi connectivity index (χ3n) is 1.53. The van der Waals surface area contributed by atoms with Crippen LogP contribution in [0.3, 0.4) is 0 Å². The van der Waals surface area contributed by atoms with Gasteiger partial charge in [-0.25, -0.2) is 9.07 Å². The quantitative estimate of drug-likeness (QED) is 0.719. The fourth-order valence-corrected chi connectivity index (χ4v) is 1.03. The van der Waals surface area contributed by atoms with E-state index in [1.54, 1.807) is 6.92 Å². The minimum absolute atomic E-state index is 0.197. The summed E-state index contributed by atoms with van der Waals surface area (Å²) in [5.41, 5.74) is -0.857. The Morgan fingerprint density at radius 3 is 3.00 bits per heavy atom. The van der Waals surface area contributed by atoms with E-state index >= 15 is 0 Å². The maximum absolute atomic E-state index is 12.7. The molecule has 0 atom stereocenters. The minimum Gasteiger partial charge on any atom is -0.465 e. The lowest BCUT2D eigenvalue weighted by molar-refractivity contribution is -0.144. The molecule has 0 spiro atoms. The van der Waals surface area contributed by atoms with Gasteiger partial charge in [0.05, 0.1) is 12.8 Å². The highest BCUT2D eigenvalue weighted by atomic mass is 35.5. The highest BCUT2D eigenvalue weighted by molar-refractivity contribution is 6.30. The van der Waals surface area contributed by atoms with Crippen molar-refractivity contribution in [3.63, 3.8) is 0 Å². The van der Waals surface area contributed by atoms with E-state index in [2.05, 4.69) is 9.84 Å². The van der Waals surface area contributed by atoms with Crippen LogP contribution >= 0.6 is 11.6 Å². The second kappa shape index (κ2) is 4.88. The number of hydrogen-bond donors (Lipinski definition) is 0. The van der Waals surface area contributed by atoms with Crippen LogP contribution in [0.15, 0.2) is 11.0 Å². The van der Waals surface area contributed by atoms with Gasteiger partial charge in [-0.1, -0.05) is 11.6 Å². The van der Waals surface area contributed by atoms with Crippen molar-refractivity contribution in [2.45, 2.75) is 13.5 Å². The number of halogens is 2. The first-order chi connectivity index (χ1) is 7.06. The van der Waals surface area contributed by atoms with Crippen LogP contribution in [0.5, 0.6) is 0 Å². The molecule has 0 aliphatic rings. The molecule has 0 aliphatic carbocycles. The van der Waals surface area contributed by atoms with Crippen molar-refractivity contribution in [3.8, 4) is 0 Å². The van der Waals surface area contributed by atoms with Gasteiger partial charge in [-0.3, -0.25) is 9.59 Å². The summed E-state index contributed by atoms with van der Waals surface area (Å²) in [4.78, 5) is 22.3. The summed E-state index contributed by atoms with van der Waals surface area (Å²) in [6, 6.07) is 0. The van der Waals surface area contributed by atoms with Crippen LogP contribution in [0.2, 0.25) is 5.02 Å². The number of ether oxygens (including phenoxy) is 1. The Morgan fingerprint density at radius 2 is 2.40 bits per heavy atom. The molecular formula is C8H8ClFN2O3. The summed E-state index contributed by atoms with van der Waals surface area (Å²) in [7, 11) is 0. The van der Waals surface area contributed by atoms with Gasteiger partial charge < -0.3 is 4.74 Å². The molecule has 0 aliphatic heterocycles. The zero-order valence-electron chi connectivity index (χ0n) is 7.87. The van der Waals surface area contributed by atoms with Gasteiger partial charge in [-0.2, -0.15) is 5.10 Å². The molecule has 1 aromatic rings. The molecule has 0 aromatic carbocycles. The Bertz CT molecular complexity index is 432. The van der Waals surface area contributed by atoms with Crippen LogP contribution < -0.4 is 5.56 Å². The lowest BCUT2D eigenvalue weighted by Gasteiger charge is -2.04. The Labute approximate surface area is 89.4 Å². The molecule has 1 rings (SSSR count). The van der Waals surface area contributed by atoms with E-state index in [0.29, 0.717) is 0 Å². The minimum atomic E-state index is -0.915. The predicted octanol–water partition coefficient (Wildman–Crippen LogP) is 0.599. The molecule has 0 amide bonds. The third kappa shape index (κ3) is 2.76. The number of hydrogen-bond acceptors (Lipinski definition) is 4. The summed E-state index contributed by atoms with van der Waals surface area (Å²) >= 11 is 5.34. The van der Waals surface area contributed by atoms with E-state index in [1.807, 2.05) is 0 Å². The lowest BCUT2D eigenvalue weighted by atomic mass is 10.5. The Hall–Kier alpha value is -1.43. The van der Waals surface area contributed by atoms with E-state index in [4.69, 9.17) is 11.6 Å². The van der Waals surface area contributed by atoms with Crippen molar-refractivity contribution in [1.29, 1.82) is 0 Å². The normalized spacial score (nSPS) is 10.1. The second-order valence-corrected chi connectivity index (χ2v) is 2.95. The van der Waals surface area contributed by atoms with Gasteiger partial charge in [0.15, 0.2) is 5.82 Å². The van der Waals surface area contributed by atoms with Crippen molar-refractivity contribution in [3.05, 3.63) is 27.4 Å². The fourth-order valence-electron chi connectivity index (χ4n) is 0.886. The fraction of sp³-hybridized carbons (Fsp3) is 0.375. The lowest BCUT2D eigenvalue weighted by Crippen LogP contribution is -2.28. The standard InChI is InChI=1S/C8H8ClFN2O3/c1-2-15-6(13)4-12-8(14)7(9)5(10)3-11-12/h3H,2,4H2,1H3. The first-order valence-electron chi connectivity index (χ1n) is 4.13. The summed E-state index contributed by atoms with van der Waals surface area (Å²) in [6.45, 7) is 1.45. The van der Waals surface area contributed by atoms with Crippen molar-refractivity contribution >= 4 is 17.6 Å². The molecule has 0 bridgehead atoms. The third-order valence-corrected chi connectivity index (χ3v) is 1.87. The molecule has 15 heavy (non-hydrogen) atoms. The Balaban J connectivity index is 2.92. The highest BCUT2D eigenvalue weighted by Gasteiger charge is 2.11. The van der Waals surface area contributed by atoms with Crippen LogP contribution in [-0.4, -0.2) is 22.4 Å². The molecule has 0 radical (unpaired) electrons. The molecule has 5 nitrogen and oxygen atoms in total. The molecular weight excluding hydrogens is 227 g/mol. The molecule has 0 saturated heterocycles. The van der Waals surface area contributed by atoms with Gasteiger partial charge in [-0.05, 0) is 6.92 Å². The Kier molecular flexibility index (Phi) is 3.79. The van der Waals surface area contributed by atoms with Crippen LogP contribution in [-0.2, 0) is 16.1 Å². The van der Waals surface area contributed by atoms with Crippen LogP contribution in [0.1, 0.15) is 6.92 Å². The van der Waals surface area contributed by atoms with Crippen molar-refractivity contribution < 1.29 is 13.9 Å². The number of aromatic nitrogens is 2. The number of nitrogens with zero attached hydrogens (tertiary/aromatic N) is 2. The van der Waals surface area contributed by atoms with Crippen LogP contribution in [0.25, 0.3) is 0 Å². The average molecular weight is 235 g/mol. The summed E-state index contributed by atoms with van der Waals surface area (Å²) in [5, 5.41) is 2.82. The summed E-state index contributed by atoms with van der Waals surface area (Å²) < 4.78 is 18.1. The molecule has 0 saturated carbocycles. The number of esters is 1. The molecule has 82 valence electrons. The maximum Gasteiger partial charge on any atom is 0.327 e. The summed E-state index contributed by atoms with van der Waals surface area (Å²) in [5.74, 6) is -1.54. The topological polar surface area (TPSA) is 61.2 Å². The molecule has 1 aromatic heterocycles. The smallest absolute Gasteiger partial charge is 0.327 e. The number of carbonyl (C=O) groups is 1. The second-order valence-electron chi connectivity index (χ2n) is 2.57. The largest absolute Gasteiger partial charge is 0.465 e. The van der Waals surface area contributed by atoms with Gasteiger partial charge in [0.1, 0.15) is 11.6 Å². The van der Waals surface area contributed by atoms with E-state index < -0.39 is 22.4 Å². The number of rotatable bonds is 3. The molecule has 0 N–H and O–H groups in total. The SMILES string of the molecule is CCOC(=O)Cn1ncc(F)c(Cl)c1=O. The first-order valence-corrected chi connectivity index (χ1v) is 4.50. The van der Waals surface area contributed by atoms with Crippen LogP contribution in [0.4, 0.5) is 4.39 Å². The van der Waals surface area contributed by atoms with Gasteiger partial charge in [-0.15, -0.1) is 0 Å².